The molecule has 24 heavy (non-hydrogen) atoms. The molecule has 3 heteroatoms. The van der Waals surface area contributed by atoms with Gasteiger partial charge in [0.2, 0.25) is 0 Å². The molecule has 1 aromatic heterocycles. The topological polar surface area (TPSA) is 17.4 Å². The fourth-order valence-electron chi connectivity index (χ4n) is 3.25. The van der Waals surface area contributed by atoms with Crippen molar-refractivity contribution in [2.45, 2.75) is 20.1 Å². The molecule has 1 atom stereocenters. The number of anilines is 1. The van der Waals surface area contributed by atoms with Crippen LogP contribution in [-0.4, -0.2) is 17.7 Å². The van der Waals surface area contributed by atoms with Crippen LogP contribution in [0.3, 0.4) is 0 Å². The molecule has 4 rings (SSSR count). The molecule has 0 N–H and O–H groups in total. The van der Waals surface area contributed by atoms with Crippen molar-refractivity contribution in [3.8, 4) is 5.69 Å². The average molecular weight is 318 g/mol. The summed E-state index contributed by atoms with van der Waals surface area (Å²) in [6.07, 6.45) is 4.26. The normalized spacial score (nSPS) is 17.4. The molecule has 2 aromatic carbocycles. The van der Waals surface area contributed by atoms with Gasteiger partial charge in [0, 0.05) is 35.9 Å². The SMILES string of the molecule is Cc1ccc(-n2ccc([C@@H]3OCCN3c3cccc(C)c3)c2)cc1. The van der Waals surface area contributed by atoms with Crippen molar-refractivity contribution in [3.63, 3.8) is 0 Å². The zero-order chi connectivity index (χ0) is 16.5. The lowest BCUT2D eigenvalue weighted by molar-refractivity contribution is 0.114. The van der Waals surface area contributed by atoms with Gasteiger partial charge in [0.15, 0.2) is 6.23 Å². The van der Waals surface area contributed by atoms with Gasteiger partial charge in [-0.1, -0.05) is 29.8 Å². The number of benzene rings is 2. The van der Waals surface area contributed by atoms with Gasteiger partial charge in [-0.2, -0.15) is 0 Å². The first-order valence-corrected chi connectivity index (χ1v) is 8.40. The summed E-state index contributed by atoms with van der Waals surface area (Å²) in [5, 5.41) is 0. The van der Waals surface area contributed by atoms with E-state index in [1.165, 1.54) is 28.1 Å². The number of aromatic nitrogens is 1. The highest BCUT2D eigenvalue weighted by molar-refractivity contribution is 5.51. The largest absolute Gasteiger partial charge is 0.352 e. The molecule has 122 valence electrons. The maximum Gasteiger partial charge on any atom is 0.158 e. The van der Waals surface area contributed by atoms with Crippen molar-refractivity contribution in [1.29, 1.82) is 0 Å². The molecule has 1 saturated heterocycles. The third-order valence-corrected chi connectivity index (χ3v) is 4.56. The molecule has 0 aliphatic carbocycles. The molecule has 1 aliphatic heterocycles. The second-order valence-electron chi connectivity index (χ2n) is 6.44. The highest BCUT2D eigenvalue weighted by Crippen LogP contribution is 2.33. The van der Waals surface area contributed by atoms with Gasteiger partial charge in [-0.05, 0) is 49.7 Å². The third-order valence-electron chi connectivity index (χ3n) is 4.56. The van der Waals surface area contributed by atoms with E-state index in [0.717, 1.165) is 13.2 Å². The van der Waals surface area contributed by atoms with Crippen molar-refractivity contribution >= 4 is 5.69 Å². The summed E-state index contributed by atoms with van der Waals surface area (Å²) < 4.78 is 8.18. The number of hydrogen-bond acceptors (Lipinski definition) is 2. The van der Waals surface area contributed by atoms with Crippen LogP contribution < -0.4 is 4.90 Å². The maximum atomic E-state index is 6.03. The highest BCUT2D eigenvalue weighted by Gasteiger charge is 2.27. The monoisotopic (exact) mass is 318 g/mol. The summed E-state index contributed by atoms with van der Waals surface area (Å²) in [5.74, 6) is 0. The number of nitrogens with zero attached hydrogens (tertiary/aromatic N) is 2. The van der Waals surface area contributed by atoms with E-state index >= 15 is 0 Å². The first-order chi connectivity index (χ1) is 11.7. The van der Waals surface area contributed by atoms with Crippen LogP contribution in [0.1, 0.15) is 22.9 Å². The fraction of sp³-hybridized carbons (Fsp3) is 0.238. The lowest BCUT2D eigenvalue weighted by Gasteiger charge is -2.25. The standard InChI is InChI=1S/C21H22N2O/c1-16-6-8-19(9-7-16)22-11-10-18(15-22)21-23(12-13-24-21)20-5-3-4-17(2)14-20/h3-11,14-15,21H,12-13H2,1-2H3/t21-/m0/s1. The molecule has 1 aliphatic rings. The summed E-state index contributed by atoms with van der Waals surface area (Å²) in [6, 6.07) is 19.3. The number of hydrogen-bond donors (Lipinski definition) is 0. The molecular formula is C21H22N2O. The van der Waals surface area contributed by atoms with Crippen LogP contribution in [-0.2, 0) is 4.74 Å². The van der Waals surface area contributed by atoms with E-state index in [4.69, 9.17) is 4.74 Å². The van der Waals surface area contributed by atoms with Crippen molar-refractivity contribution in [2.24, 2.45) is 0 Å². The highest BCUT2D eigenvalue weighted by atomic mass is 16.5. The first kappa shape index (κ1) is 15.0. The molecule has 0 unspecified atom stereocenters. The van der Waals surface area contributed by atoms with Crippen molar-refractivity contribution in [2.75, 3.05) is 18.1 Å². The van der Waals surface area contributed by atoms with Crippen LogP contribution in [0.25, 0.3) is 5.69 Å². The molecule has 3 aromatic rings. The molecule has 0 amide bonds. The number of ether oxygens (including phenoxy) is 1. The molecule has 0 bridgehead atoms. The molecule has 0 saturated carbocycles. The summed E-state index contributed by atoms with van der Waals surface area (Å²) in [7, 11) is 0. The molecule has 0 radical (unpaired) electrons. The Hall–Kier alpha value is -2.52. The van der Waals surface area contributed by atoms with Crippen LogP contribution in [0.2, 0.25) is 0 Å². The Labute approximate surface area is 143 Å². The summed E-state index contributed by atoms with van der Waals surface area (Å²) in [5.41, 5.74) is 6.13. The Morgan fingerprint density at radius 2 is 1.75 bits per heavy atom. The van der Waals surface area contributed by atoms with Gasteiger partial charge in [-0.3, -0.25) is 0 Å². The average Bonchev–Trinajstić information content (AvgIpc) is 3.24. The van der Waals surface area contributed by atoms with E-state index in [9.17, 15) is 0 Å². The fourth-order valence-corrected chi connectivity index (χ4v) is 3.25. The quantitative estimate of drug-likeness (QED) is 0.700. The zero-order valence-corrected chi connectivity index (χ0v) is 14.1. The lowest BCUT2D eigenvalue weighted by Crippen LogP contribution is -2.23. The maximum absolute atomic E-state index is 6.03. The van der Waals surface area contributed by atoms with Crippen LogP contribution >= 0.6 is 0 Å². The predicted octanol–water partition coefficient (Wildman–Crippen LogP) is 4.63. The van der Waals surface area contributed by atoms with Crippen LogP contribution in [0.15, 0.2) is 67.0 Å². The van der Waals surface area contributed by atoms with E-state index in [1.807, 2.05) is 0 Å². The van der Waals surface area contributed by atoms with Gasteiger partial charge in [0.05, 0.1) is 6.61 Å². The Balaban J connectivity index is 1.62. The minimum atomic E-state index is -0.0153. The summed E-state index contributed by atoms with van der Waals surface area (Å²) >= 11 is 0. The number of aryl methyl sites for hydroxylation is 2. The Morgan fingerprint density at radius 3 is 2.54 bits per heavy atom. The van der Waals surface area contributed by atoms with Gasteiger partial charge in [-0.15, -0.1) is 0 Å². The van der Waals surface area contributed by atoms with Gasteiger partial charge in [0.25, 0.3) is 0 Å². The van der Waals surface area contributed by atoms with E-state index in [0.29, 0.717) is 0 Å². The molecular weight excluding hydrogens is 296 g/mol. The predicted molar refractivity (Wildman–Crippen MR) is 97.7 cm³/mol. The summed E-state index contributed by atoms with van der Waals surface area (Å²) in [4.78, 5) is 2.34. The van der Waals surface area contributed by atoms with E-state index < -0.39 is 0 Å². The van der Waals surface area contributed by atoms with Crippen LogP contribution in [0.5, 0.6) is 0 Å². The van der Waals surface area contributed by atoms with Gasteiger partial charge in [0.1, 0.15) is 0 Å². The second-order valence-corrected chi connectivity index (χ2v) is 6.44. The molecule has 1 fully saturated rings. The molecule has 2 heterocycles. The van der Waals surface area contributed by atoms with E-state index in [2.05, 4.69) is 90.3 Å². The minimum Gasteiger partial charge on any atom is -0.352 e. The second kappa shape index (κ2) is 6.17. The van der Waals surface area contributed by atoms with Crippen LogP contribution in [0, 0.1) is 13.8 Å². The first-order valence-electron chi connectivity index (χ1n) is 8.40. The Kier molecular flexibility index (Phi) is 3.87. The van der Waals surface area contributed by atoms with Crippen molar-refractivity contribution in [3.05, 3.63) is 83.7 Å². The van der Waals surface area contributed by atoms with Gasteiger partial charge < -0.3 is 14.2 Å². The molecule has 0 spiro atoms. The lowest BCUT2D eigenvalue weighted by atomic mass is 10.2. The zero-order valence-electron chi connectivity index (χ0n) is 14.1. The van der Waals surface area contributed by atoms with Gasteiger partial charge in [-0.25, -0.2) is 0 Å². The minimum absolute atomic E-state index is 0.0153. The van der Waals surface area contributed by atoms with Crippen molar-refractivity contribution in [1.82, 2.24) is 4.57 Å². The Morgan fingerprint density at radius 1 is 0.917 bits per heavy atom. The van der Waals surface area contributed by atoms with Gasteiger partial charge >= 0.3 is 0 Å². The van der Waals surface area contributed by atoms with Crippen molar-refractivity contribution < 1.29 is 4.74 Å². The summed E-state index contributed by atoms with van der Waals surface area (Å²) in [6.45, 7) is 5.92. The number of rotatable bonds is 3. The third kappa shape index (κ3) is 2.83. The van der Waals surface area contributed by atoms with E-state index in [1.54, 1.807) is 0 Å². The molecule has 3 nitrogen and oxygen atoms in total. The van der Waals surface area contributed by atoms with E-state index in [-0.39, 0.29) is 6.23 Å². The smallest absolute Gasteiger partial charge is 0.158 e. The van der Waals surface area contributed by atoms with Crippen LogP contribution in [0.4, 0.5) is 5.69 Å². The Bertz CT molecular complexity index is 835.